The molecule has 1 aromatic heterocycles. The summed E-state index contributed by atoms with van der Waals surface area (Å²) in [5.41, 5.74) is 0. The van der Waals surface area contributed by atoms with Crippen molar-refractivity contribution in [3.8, 4) is 0 Å². The summed E-state index contributed by atoms with van der Waals surface area (Å²) in [7, 11) is 0. The molecule has 0 saturated carbocycles. The molecule has 2 N–H and O–H groups in total. The lowest BCUT2D eigenvalue weighted by Gasteiger charge is -2.16. The third-order valence-electron chi connectivity index (χ3n) is 1.89. The van der Waals surface area contributed by atoms with Crippen molar-refractivity contribution in [1.82, 2.24) is 5.32 Å². The molecule has 4 heteroatoms. The molecule has 0 saturated heterocycles. The highest BCUT2D eigenvalue weighted by Crippen LogP contribution is 2.27. The number of hydrogen-bond donors (Lipinski definition) is 2. The minimum absolute atomic E-state index is 0.0775. The maximum absolute atomic E-state index is 9.23. The van der Waals surface area contributed by atoms with Crippen molar-refractivity contribution in [3.63, 3.8) is 0 Å². The molecule has 1 unspecified atom stereocenters. The van der Waals surface area contributed by atoms with Crippen LogP contribution in [0.1, 0.15) is 24.8 Å². The van der Waals surface area contributed by atoms with E-state index in [0.717, 1.165) is 10.3 Å². The van der Waals surface area contributed by atoms with Gasteiger partial charge < -0.3 is 10.4 Å². The van der Waals surface area contributed by atoms with E-state index < -0.39 is 0 Å². The van der Waals surface area contributed by atoms with Gasteiger partial charge in [-0.15, -0.1) is 11.3 Å². The van der Waals surface area contributed by atoms with Gasteiger partial charge in [0.15, 0.2) is 0 Å². The summed E-state index contributed by atoms with van der Waals surface area (Å²) in [5.74, 6) is 0.604. The molecule has 0 aromatic carbocycles. The monoisotopic (exact) mass is 277 g/mol. The number of aliphatic hydroxyl groups excluding tert-OH is 1. The lowest BCUT2D eigenvalue weighted by molar-refractivity contribution is 0.243. The van der Waals surface area contributed by atoms with Crippen molar-refractivity contribution in [2.45, 2.75) is 19.9 Å². The molecule has 0 amide bonds. The smallest absolute Gasteiger partial charge is 0.0702 e. The molecular formula is C10H16BrNOS. The first kappa shape index (κ1) is 12.2. The molecule has 1 rings (SSSR count). The molecular weight excluding hydrogens is 262 g/mol. The Morgan fingerprint density at radius 2 is 2.21 bits per heavy atom. The molecule has 0 aliphatic heterocycles. The van der Waals surface area contributed by atoms with Crippen LogP contribution in [-0.2, 0) is 0 Å². The molecule has 80 valence electrons. The number of thiophene rings is 1. The highest BCUT2D eigenvalue weighted by molar-refractivity contribution is 9.11. The SMILES string of the molecule is CC(C)CNC(CO)c1ccc(Br)s1. The summed E-state index contributed by atoms with van der Waals surface area (Å²) in [6, 6.07) is 4.14. The highest BCUT2D eigenvalue weighted by Gasteiger charge is 2.12. The van der Waals surface area contributed by atoms with Gasteiger partial charge in [0.25, 0.3) is 0 Å². The lowest BCUT2D eigenvalue weighted by atomic mass is 10.2. The zero-order valence-electron chi connectivity index (χ0n) is 8.46. The summed E-state index contributed by atoms with van der Waals surface area (Å²) in [6.07, 6.45) is 0. The van der Waals surface area contributed by atoms with Gasteiger partial charge in [-0.05, 0) is 40.5 Å². The first-order valence-corrected chi connectivity index (χ1v) is 6.34. The predicted octanol–water partition coefficient (Wildman–Crippen LogP) is 2.79. The van der Waals surface area contributed by atoms with E-state index in [1.807, 2.05) is 12.1 Å². The first-order valence-electron chi connectivity index (χ1n) is 4.73. The molecule has 1 atom stereocenters. The Bertz CT molecular complexity index is 275. The van der Waals surface area contributed by atoms with E-state index in [9.17, 15) is 5.11 Å². The fourth-order valence-electron chi connectivity index (χ4n) is 1.15. The Morgan fingerprint density at radius 1 is 1.50 bits per heavy atom. The van der Waals surface area contributed by atoms with Crippen molar-refractivity contribution in [3.05, 3.63) is 20.8 Å². The van der Waals surface area contributed by atoms with Crippen LogP contribution in [-0.4, -0.2) is 18.3 Å². The number of rotatable bonds is 5. The van der Waals surface area contributed by atoms with Crippen molar-refractivity contribution >= 4 is 27.3 Å². The molecule has 0 aliphatic carbocycles. The van der Waals surface area contributed by atoms with Gasteiger partial charge in [0.2, 0.25) is 0 Å². The van der Waals surface area contributed by atoms with Crippen molar-refractivity contribution in [1.29, 1.82) is 0 Å². The maximum Gasteiger partial charge on any atom is 0.0702 e. The molecule has 14 heavy (non-hydrogen) atoms. The van der Waals surface area contributed by atoms with Gasteiger partial charge in [-0.3, -0.25) is 0 Å². The molecule has 1 heterocycles. The number of nitrogens with one attached hydrogen (secondary N) is 1. The van der Waals surface area contributed by atoms with E-state index >= 15 is 0 Å². The van der Waals surface area contributed by atoms with Gasteiger partial charge in [-0.25, -0.2) is 0 Å². The fourth-order valence-corrected chi connectivity index (χ4v) is 2.64. The van der Waals surface area contributed by atoms with E-state index in [2.05, 4.69) is 35.1 Å². The maximum atomic E-state index is 9.23. The lowest BCUT2D eigenvalue weighted by Crippen LogP contribution is -2.27. The van der Waals surface area contributed by atoms with Crippen LogP contribution < -0.4 is 5.32 Å². The van der Waals surface area contributed by atoms with Gasteiger partial charge in [-0.1, -0.05) is 13.8 Å². The molecule has 0 radical (unpaired) electrons. The van der Waals surface area contributed by atoms with Crippen LogP contribution in [0.15, 0.2) is 15.9 Å². The molecule has 0 spiro atoms. The highest BCUT2D eigenvalue weighted by atomic mass is 79.9. The third-order valence-corrected chi connectivity index (χ3v) is 3.63. The standard InChI is InChI=1S/C10H16BrNOS/c1-7(2)5-12-8(6-13)9-3-4-10(11)14-9/h3-4,7-8,12-13H,5-6H2,1-2H3. The van der Waals surface area contributed by atoms with Gasteiger partial charge >= 0.3 is 0 Å². The number of hydrogen-bond acceptors (Lipinski definition) is 3. The summed E-state index contributed by atoms with van der Waals surface area (Å²) >= 11 is 5.09. The van der Waals surface area contributed by atoms with Crippen LogP contribution >= 0.6 is 27.3 Å². The van der Waals surface area contributed by atoms with Crippen molar-refractivity contribution < 1.29 is 5.11 Å². The van der Waals surface area contributed by atoms with Crippen LogP contribution in [0.25, 0.3) is 0 Å². The third kappa shape index (κ3) is 3.69. The van der Waals surface area contributed by atoms with Crippen molar-refractivity contribution in [2.75, 3.05) is 13.2 Å². The Morgan fingerprint density at radius 3 is 2.64 bits per heavy atom. The molecule has 2 nitrogen and oxygen atoms in total. The summed E-state index contributed by atoms with van der Waals surface area (Å²) < 4.78 is 1.11. The van der Waals surface area contributed by atoms with Crippen LogP contribution in [0.3, 0.4) is 0 Å². The number of halogens is 1. The average Bonchev–Trinajstić information content (AvgIpc) is 2.53. The fraction of sp³-hybridized carbons (Fsp3) is 0.600. The van der Waals surface area contributed by atoms with E-state index in [0.29, 0.717) is 5.92 Å². The molecule has 1 aromatic rings. The summed E-state index contributed by atoms with van der Waals surface area (Å²) in [6.45, 7) is 5.40. The second kappa shape index (κ2) is 5.85. The second-order valence-corrected chi connectivity index (χ2v) is 6.17. The van der Waals surface area contributed by atoms with Gasteiger partial charge in [0.05, 0.1) is 16.4 Å². The van der Waals surface area contributed by atoms with E-state index in [1.165, 1.54) is 4.88 Å². The topological polar surface area (TPSA) is 32.3 Å². The zero-order valence-corrected chi connectivity index (χ0v) is 10.9. The largest absolute Gasteiger partial charge is 0.394 e. The predicted molar refractivity (Wildman–Crippen MR) is 64.7 cm³/mol. The first-order chi connectivity index (χ1) is 6.63. The average molecular weight is 278 g/mol. The molecule has 0 aliphatic rings. The second-order valence-electron chi connectivity index (χ2n) is 3.68. The Labute approximate surface area is 97.5 Å². The van der Waals surface area contributed by atoms with Crippen molar-refractivity contribution in [2.24, 2.45) is 5.92 Å². The normalized spacial score (nSPS) is 13.5. The van der Waals surface area contributed by atoms with E-state index in [1.54, 1.807) is 11.3 Å². The molecule has 0 fully saturated rings. The Hall–Kier alpha value is 0.1000. The van der Waals surface area contributed by atoms with Crippen LogP contribution in [0, 0.1) is 5.92 Å². The van der Waals surface area contributed by atoms with Gasteiger partial charge in [0.1, 0.15) is 0 Å². The minimum atomic E-state index is 0.0775. The van der Waals surface area contributed by atoms with Crippen LogP contribution in [0.4, 0.5) is 0 Å². The van der Waals surface area contributed by atoms with Crippen LogP contribution in [0.2, 0.25) is 0 Å². The summed E-state index contributed by atoms with van der Waals surface area (Å²) in [5, 5.41) is 12.6. The van der Waals surface area contributed by atoms with E-state index in [4.69, 9.17) is 0 Å². The summed E-state index contributed by atoms with van der Waals surface area (Å²) in [4.78, 5) is 1.18. The minimum Gasteiger partial charge on any atom is -0.394 e. The van der Waals surface area contributed by atoms with Gasteiger partial charge in [-0.2, -0.15) is 0 Å². The van der Waals surface area contributed by atoms with Crippen LogP contribution in [0.5, 0.6) is 0 Å². The Balaban J connectivity index is 2.54. The quantitative estimate of drug-likeness (QED) is 0.868. The molecule has 0 bridgehead atoms. The Kier molecular flexibility index (Phi) is 5.09. The zero-order chi connectivity index (χ0) is 10.6. The number of aliphatic hydroxyl groups is 1. The van der Waals surface area contributed by atoms with E-state index in [-0.39, 0.29) is 12.6 Å². The van der Waals surface area contributed by atoms with Gasteiger partial charge in [0, 0.05) is 4.88 Å².